The Labute approximate surface area is 176 Å². The van der Waals surface area contributed by atoms with E-state index in [2.05, 4.69) is 10.1 Å². The number of esters is 1. The van der Waals surface area contributed by atoms with E-state index in [1.165, 1.54) is 7.11 Å². The molecule has 1 fully saturated rings. The molecule has 2 aromatic rings. The summed E-state index contributed by atoms with van der Waals surface area (Å²) in [5.74, 6) is -0.850. The number of aryl methyl sites for hydroxylation is 1. The molecule has 0 spiro atoms. The van der Waals surface area contributed by atoms with Gasteiger partial charge in [-0.3, -0.25) is 14.4 Å². The number of hydrogen-bond acceptors (Lipinski definition) is 5. The Kier molecular flexibility index (Phi) is 6.72. The lowest BCUT2D eigenvalue weighted by molar-refractivity contribution is -0.142. The first-order chi connectivity index (χ1) is 14.5. The number of nitrogens with zero attached hydrogens (tertiary/aromatic N) is 1. The average molecular weight is 410 g/mol. The van der Waals surface area contributed by atoms with E-state index in [-0.39, 0.29) is 24.8 Å². The first kappa shape index (κ1) is 21.4. The summed E-state index contributed by atoms with van der Waals surface area (Å²) < 4.78 is 10.2. The van der Waals surface area contributed by atoms with Crippen LogP contribution in [0.2, 0.25) is 0 Å². The van der Waals surface area contributed by atoms with Gasteiger partial charge < -0.3 is 19.7 Å². The van der Waals surface area contributed by atoms with Crippen molar-refractivity contribution in [1.82, 2.24) is 5.32 Å². The third-order valence-corrected chi connectivity index (χ3v) is 5.34. The highest BCUT2D eigenvalue weighted by Gasteiger charge is 2.42. The molecule has 1 heterocycles. The second-order valence-corrected chi connectivity index (χ2v) is 7.23. The number of amides is 2. The number of para-hydroxylation sites is 1. The first-order valence-electron chi connectivity index (χ1n) is 9.82. The van der Waals surface area contributed by atoms with Gasteiger partial charge >= 0.3 is 5.97 Å². The number of hydrogen-bond donors (Lipinski definition) is 1. The number of benzene rings is 2. The predicted octanol–water partition coefficient (Wildman–Crippen LogP) is 2.78. The van der Waals surface area contributed by atoms with Gasteiger partial charge in [-0.2, -0.15) is 0 Å². The topological polar surface area (TPSA) is 84.9 Å². The van der Waals surface area contributed by atoms with Crippen LogP contribution in [0.15, 0.2) is 48.5 Å². The van der Waals surface area contributed by atoms with Crippen molar-refractivity contribution in [3.05, 3.63) is 59.7 Å². The summed E-state index contributed by atoms with van der Waals surface area (Å²) in [5.41, 5.74) is 2.53. The number of nitrogens with one attached hydrogen (secondary N) is 1. The molecule has 30 heavy (non-hydrogen) atoms. The minimum Gasteiger partial charge on any atom is -0.496 e. The van der Waals surface area contributed by atoms with Gasteiger partial charge in [0, 0.05) is 17.7 Å². The minimum absolute atomic E-state index is 0.0632. The summed E-state index contributed by atoms with van der Waals surface area (Å²) in [5, 5.41) is 2.64. The maximum Gasteiger partial charge on any atom is 0.325 e. The molecule has 0 aliphatic carbocycles. The Morgan fingerprint density at radius 2 is 1.80 bits per heavy atom. The van der Waals surface area contributed by atoms with Crippen molar-refractivity contribution in [2.45, 2.75) is 25.8 Å². The maximum absolute atomic E-state index is 13.0. The summed E-state index contributed by atoms with van der Waals surface area (Å²) in [6.07, 6.45) is 0.604. The van der Waals surface area contributed by atoms with Crippen molar-refractivity contribution < 1.29 is 23.9 Å². The molecule has 2 aromatic carbocycles. The van der Waals surface area contributed by atoms with Crippen LogP contribution in [0, 0.1) is 12.8 Å². The van der Waals surface area contributed by atoms with Crippen molar-refractivity contribution in [3.63, 3.8) is 0 Å². The molecule has 7 heteroatoms. The van der Waals surface area contributed by atoms with E-state index >= 15 is 0 Å². The van der Waals surface area contributed by atoms with Gasteiger partial charge in [0.05, 0.1) is 26.2 Å². The van der Waals surface area contributed by atoms with Crippen molar-refractivity contribution in [2.24, 2.45) is 5.92 Å². The van der Waals surface area contributed by atoms with Gasteiger partial charge in [-0.1, -0.05) is 35.9 Å². The molecule has 0 bridgehead atoms. The van der Waals surface area contributed by atoms with Gasteiger partial charge in [0.1, 0.15) is 12.3 Å². The van der Waals surface area contributed by atoms with Crippen LogP contribution in [0.5, 0.6) is 5.75 Å². The minimum atomic E-state index is -0.567. The van der Waals surface area contributed by atoms with Gasteiger partial charge in [-0.25, -0.2) is 0 Å². The fourth-order valence-corrected chi connectivity index (χ4v) is 3.81. The van der Waals surface area contributed by atoms with Crippen LogP contribution >= 0.6 is 0 Å². The summed E-state index contributed by atoms with van der Waals surface area (Å²) in [6.45, 7) is 1.76. The van der Waals surface area contributed by atoms with E-state index in [0.717, 1.165) is 11.1 Å². The Morgan fingerprint density at radius 3 is 2.47 bits per heavy atom. The molecule has 0 aromatic heterocycles. The Morgan fingerprint density at radius 1 is 1.10 bits per heavy atom. The molecular weight excluding hydrogens is 384 g/mol. The lowest BCUT2D eigenvalue weighted by Gasteiger charge is -2.41. The predicted molar refractivity (Wildman–Crippen MR) is 112 cm³/mol. The lowest BCUT2D eigenvalue weighted by atomic mass is 9.82. The third kappa shape index (κ3) is 4.45. The Balaban J connectivity index is 2.05. The van der Waals surface area contributed by atoms with E-state index in [9.17, 15) is 14.4 Å². The summed E-state index contributed by atoms with van der Waals surface area (Å²) >= 11 is 0. The Bertz CT molecular complexity index is 925. The zero-order valence-corrected chi connectivity index (χ0v) is 17.4. The van der Waals surface area contributed by atoms with E-state index in [1.54, 1.807) is 12.0 Å². The lowest BCUT2D eigenvalue weighted by Crippen LogP contribution is -2.49. The number of piperidine rings is 1. The molecule has 1 aliphatic rings. The number of anilines is 1. The number of ether oxygens (including phenoxy) is 2. The number of carbonyl (C=O) groups excluding carboxylic acids is 3. The quantitative estimate of drug-likeness (QED) is 0.741. The van der Waals surface area contributed by atoms with Crippen molar-refractivity contribution in [1.29, 1.82) is 0 Å². The standard InChI is InChI=1S/C23H26N2O5/c1-15-8-10-16(11-9-15)25-20(26)13-12-18(23(28)24-14-21(27)30-3)22(25)17-6-4-5-7-19(17)29-2/h4-11,18,22H,12-14H2,1-3H3,(H,24,28)/t18-,22+/m0/s1. The normalized spacial score (nSPS) is 18.6. The highest BCUT2D eigenvalue weighted by molar-refractivity contribution is 5.98. The smallest absolute Gasteiger partial charge is 0.325 e. The van der Waals surface area contributed by atoms with Crippen LogP contribution in [0.3, 0.4) is 0 Å². The molecule has 2 atom stereocenters. The molecule has 0 saturated carbocycles. The average Bonchev–Trinajstić information content (AvgIpc) is 2.77. The molecular formula is C23H26N2O5. The molecule has 158 valence electrons. The fraction of sp³-hybridized carbons (Fsp3) is 0.348. The van der Waals surface area contributed by atoms with Crippen molar-refractivity contribution >= 4 is 23.5 Å². The molecule has 0 unspecified atom stereocenters. The summed E-state index contributed by atoms with van der Waals surface area (Å²) in [7, 11) is 2.83. The van der Waals surface area contributed by atoms with E-state index in [0.29, 0.717) is 17.9 Å². The van der Waals surface area contributed by atoms with Gasteiger partial charge in [-0.05, 0) is 31.5 Å². The van der Waals surface area contributed by atoms with Crippen LogP contribution in [0.4, 0.5) is 5.69 Å². The second-order valence-electron chi connectivity index (χ2n) is 7.23. The highest BCUT2D eigenvalue weighted by atomic mass is 16.5. The van der Waals surface area contributed by atoms with E-state index in [4.69, 9.17) is 4.74 Å². The second kappa shape index (κ2) is 9.43. The van der Waals surface area contributed by atoms with Crippen LogP contribution in [-0.2, 0) is 19.1 Å². The zero-order chi connectivity index (χ0) is 21.7. The molecule has 3 rings (SSSR count). The molecule has 0 radical (unpaired) electrons. The Hall–Kier alpha value is -3.35. The number of methoxy groups -OCH3 is 2. The molecule has 1 N–H and O–H groups in total. The van der Waals surface area contributed by atoms with Gasteiger partial charge in [-0.15, -0.1) is 0 Å². The third-order valence-electron chi connectivity index (χ3n) is 5.34. The summed E-state index contributed by atoms with van der Waals surface area (Å²) in [6, 6.07) is 14.4. The largest absolute Gasteiger partial charge is 0.496 e. The van der Waals surface area contributed by atoms with Crippen LogP contribution < -0.4 is 15.0 Å². The molecule has 2 amide bonds. The molecule has 1 aliphatic heterocycles. The van der Waals surface area contributed by atoms with E-state index < -0.39 is 17.9 Å². The summed E-state index contributed by atoms with van der Waals surface area (Å²) in [4.78, 5) is 39.2. The van der Waals surface area contributed by atoms with Crippen LogP contribution in [0.25, 0.3) is 0 Å². The number of rotatable bonds is 6. The van der Waals surface area contributed by atoms with Crippen LogP contribution in [0.1, 0.15) is 30.0 Å². The molecule has 7 nitrogen and oxygen atoms in total. The number of carbonyl (C=O) groups is 3. The maximum atomic E-state index is 13.0. The van der Waals surface area contributed by atoms with Gasteiger partial charge in [0.15, 0.2) is 0 Å². The van der Waals surface area contributed by atoms with Gasteiger partial charge in [0.25, 0.3) is 0 Å². The fourth-order valence-electron chi connectivity index (χ4n) is 3.81. The van der Waals surface area contributed by atoms with E-state index in [1.807, 2.05) is 55.5 Å². The van der Waals surface area contributed by atoms with Crippen LogP contribution in [-0.4, -0.2) is 38.5 Å². The van der Waals surface area contributed by atoms with Crippen molar-refractivity contribution in [2.75, 3.05) is 25.7 Å². The zero-order valence-electron chi connectivity index (χ0n) is 17.4. The van der Waals surface area contributed by atoms with Gasteiger partial charge in [0.2, 0.25) is 11.8 Å². The highest BCUT2D eigenvalue weighted by Crippen LogP contribution is 2.43. The first-order valence-corrected chi connectivity index (χ1v) is 9.82. The molecule has 1 saturated heterocycles. The SMILES string of the molecule is COC(=O)CNC(=O)[C@H]1CCC(=O)N(c2ccc(C)cc2)[C@@H]1c1ccccc1OC. The monoisotopic (exact) mass is 410 g/mol. The van der Waals surface area contributed by atoms with Crippen molar-refractivity contribution in [3.8, 4) is 5.75 Å².